The summed E-state index contributed by atoms with van der Waals surface area (Å²) < 4.78 is 2.27. The second-order valence-electron chi connectivity index (χ2n) is 9.98. The van der Waals surface area contributed by atoms with Crippen LogP contribution >= 0.6 is 11.8 Å². The number of rotatable bonds is 5. The van der Waals surface area contributed by atoms with Crippen molar-refractivity contribution in [1.29, 1.82) is 0 Å². The molecule has 29 heavy (non-hydrogen) atoms. The van der Waals surface area contributed by atoms with E-state index in [4.69, 9.17) is 0 Å². The predicted molar refractivity (Wildman–Crippen MR) is 119 cm³/mol. The molecule has 0 radical (unpaired) electrons. The molecule has 0 N–H and O–H groups in total. The zero-order valence-corrected chi connectivity index (χ0v) is 18.0. The molecule has 1 aromatic heterocycles. The molecule has 4 bridgehead atoms. The van der Waals surface area contributed by atoms with Gasteiger partial charge in [-0.15, -0.1) is 10.2 Å². The monoisotopic (exact) mass is 403 g/mol. The predicted octanol–water partition coefficient (Wildman–Crippen LogP) is 6.02. The molecule has 4 fully saturated rings. The number of hydrogen-bond donors (Lipinski definition) is 0. The average molecular weight is 404 g/mol. The lowest BCUT2D eigenvalue weighted by Crippen LogP contribution is -2.47. The third-order valence-corrected chi connectivity index (χ3v) is 8.93. The fourth-order valence-electron chi connectivity index (χ4n) is 7.03. The van der Waals surface area contributed by atoms with Crippen molar-refractivity contribution in [2.24, 2.45) is 30.2 Å². The van der Waals surface area contributed by atoms with E-state index in [1.165, 1.54) is 60.7 Å². The first-order valence-electron chi connectivity index (χ1n) is 11.2. The molecule has 0 saturated heterocycles. The molecular weight excluding hydrogens is 374 g/mol. The van der Waals surface area contributed by atoms with Gasteiger partial charge in [-0.2, -0.15) is 0 Å². The summed E-state index contributed by atoms with van der Waals surface area (Å²) in [5, 5.41) is 13.0. The minimum absolute atomic E-state index is 0.521. The number of hydrogen-bond acceptors (Lipinski definition) is 3. The first-order chi connectivity index (χ1) is 14.2. The van der Waals surface area contributed by atoms with Gasteiger partial charge < -0.3 is 4.57 Å². The molecule has 4 heteroatoms. The minimum Gasteiger partial charge on any atom is -0.309 e. The normalized spacial score (nSPS) is 30.3. The third kappa shape index (κ3) is 3.20. The van der Waals surface area contributed by atoms with Gasteiger partial charge in [0.1, 0.15) is 5.82 Å². The Hall–Kier alpha value is -1.81. The van der Waals surface area contributed by atoms with E-state index in [0.29, 0.717) is 5.41 Å². The summed E-state index contributed by atoms with van der Waals surface area (Å²) in [6.07, 6.45) is 9.95. The van der Waals surface area contributed by atoms with Gasteiger partial charge in [0.25, 0.3) is 0 Å². The van der Waals surface area contributed by atoms with Gasteiger partial charge >= 0.3 is 0 Å². The number of benzene rings is 2. The standard InChI is InChI=1S/C25H29N3S/c1-28-23(15-25-12-17-9-18(13-25)11-19(10-17)14-25)26-27-24(28)29-16-21-7-4-6-20-5-2-3-8-22(20)21/h2-8,17-19H,9-16H2,1H3. The van der Waals surface area contributed by atoms with Crippen LogP contribution in [0.3, 0.4) is 0 Å². The van der Waals surface area contributed by atoms with Crippen LogP contribution in [0, 0.1) is 23.2 Å². The van der Waals surface area contributed by atoms with Crippen LogP contribution < -0.4 is 0 Å². The fraction of sp³-hybridized carbons (Fsp3) is 0.520. The Morgan fingerprint density at radius 2 is 1.62 bits per heavy atom. The van der Waals surface area contributed by atoms with Gasteiger partial charge in [0.05, 0.1) is 0 Å². The van der Waals surface area contributed by atoms with Crippen molar-refractivity contribution in [3.05, 3.63) is 53.9 Å². The molecule has 4 saturated carbocycles. The quantitative estimate of drug-likeness (QED) is 0.488. The van der Waals surface area contributed by atoms with Crippen molar-refractivity contribution in [3.63, 3.8) is 0 Å². The van der Waals surface area contributed by atoms with E-state index in [0.717, 1.165) is 35.1 Å². The largest absolute Gasteiger partial charge is 0.309 e. The Bertz CT molecular complexity index is 1010. The van der Waals surface area contributed by atoms with Crippen LogP contribution in [0.1, 0.15) is 49.9 Å². The molecule has 150 valence electrons. The maximum absolute atomic E-state index is 4.66. The van der Waals surface area contributed by atoms with Gasteiger partial charge in [-0.05, 0) is 78.0 Å². The van der Waals surface area contributed by atoms with Gasteiger partial charge in [-0.25, -0.2) is 0 Å². The zero-order valence-electron chi connectivity index (χ0n) is 17.2. The van der Waals surface area contributed by atoms with Crippen LogP contribution in [0.25, 0.3) is 10.8 Å². The number of nitrogens with zero attached hydrogens (tertiary/aromatic N) is 3. The molecule has 4 aliphatic rings. The lowest BCUT2D eigenvalue weighted by Gasteiger charge is -2.56. The molecule has 0 aliphatic heterocycles. The van der Waals surface area contributed by atoms with E-state index >= 15 is 0 Å². The molecule has 1 heterocycles. The summed E-state index contributed by atoms with van der Waals surface area (Å²) in [6, 6.07) is 15.2. The van der Waals surface area contributed by atoms with E-state index in [1.54, 1.807) is 0 Å². The van der Waals surface area contributed by atoms with E-state index < -0.39 is 0 Å². The second kappa shape index (κ2) is 6.87. The summed E-state index contributed by atoms with van der Waals surface area (Å²) >= 11 is 1.82. The molecule has 7 rings (SSSR count). The van der Waals surface area contributed by atoms with Crippen LogP contribution in [0.4, 0.5) is 0 Å². The summed E-state index contributed by atoms with van der Waals surface area (Å²) in [5.41, 5.74) is 1.89. The maximum Gasteiger partial charge on any atom is 0.191 e. The minimum atomic E-state index is 0.521. The molecule has 0 atom stereocenters. The average Bonchev–Trinajstić information content (AvgIpc) is 3.04. The highest BCUT2D eigenvalue weighted by Gasteiger charge is 2.51. The highest BCUT2D eigenvalue weighted by atomic mass is 32.2. The van der Waals surface area contributed by atoms with Crippen LogP contribution in [-0.2, 0) is 19.2 Å². The van der Waals surface area contributed by atoms with Crippen LogP contribution in [0.2, 0.25) is 0 Å². The molecule has 0 amide bonds. The molecular formula is C25H29N3S. The summed E-state index contributed by atoms with van der Waals surface area (Å²) in [5.74, 6) is 5.12. The van der Waals surface area contributed by atoms with Crippen molar-refractivity contribution in [1.82, 2.24) is 14.8 Å². The number of aromatic nitrogens is 3. The van der Waals surface area contributed by atoms with E-state index in [9.17, 15) is 0 Å². The van der Waals surface area contributed by atoms with Crippen LogP contribution in [0.5, 0.6) is 0 Å². The topological polar surface area (TPSA) is 30.7 Å². The van der Waals surface area contributed by atoms with E-state index in [2.05, 4.69) is 64.3 Å². The lowest BCUT2D eigenvalue weighted by molar-refractivity contribution is -0.0535. The zero-order chi connectivity index (χ0) is 19.4. The summed E-state index contributed by atoms with van der Waals surface area (Å²) in [7, 11) is 2.17. The highest BCUT2D eigenvalue weighted by Crippen LogP contribution is 2.61. The van der Waals surface area contributed by atoms with Crippen molar-refractivity contribution < 1.29 is 0 Å². The second-order valence-corrected chi connectivity index (χ2v) is 10.9. The lowest BCUT2D eigenvalue weighted by atomic mass is 9.49. The third-order valence-electron chi connectivity index (χ3n) is 7.86. The Balaban J connectivity index is 1.20. The summed E-state index contributed by atoms with van der Waals surface area (Å²) in [6.45, 7) is 0. The Labute approximate surface area is 177 Å². The van der Waals surface area contributed by atoms with Crippen molar-refractivity contribution in [2.45, 2.75) is 55.9 Å². The molecule has 4 aliphatic carbocycles. The first-order valence-corrected chi connectivity index (χ1v) is 12.1. The van der Waals surface area contributed by atoms with Gasteiger partial charge in [0, 0.05) is 19.2 Å². The van der Waals surface area contributed by atoms with Gasteiger partial charge in [-0.3, -0.25) is 0 Å². The first kappa shape index (κ1) is 18.0. The summed E-state index contributed by atoms with van der Waals surface area (Å²) in [4.78, 5) is 0. The SMILES string of the molecule is Cn1c(CC23CC4CC(CC(C4)C2)C3)nnc1SCc1cccc2ccccc12. The Morgan fingerprint density at radius 1 is 0.931 bits per heavy atom. The molecule has 3 nitrogen and oxygen atoms in total. The number of fused-ring (bicyclic) bond motifs is 1. The van der Waals surface area contributed by atoms with Crippen LogP contribution in [0.15, 0.2) is 47.6 Å². The van der Waals surface area contributed by atoms with Gasteiger partial charge in [-0.1, -0.05) is 54.2 Å². The van der Waals surface area contributed by atoms with Crippen molar-refractivity contribution >= 4 is 22.5 Å². The highest BCUT2D eigenvalue weighted by molar-refractivity contribution is 7.98. The van der Waals surface area contributed by atoms with Gasteiger partial charge in [0.2, 0.25) is 0 Å². The maximum atomic E-state index is 4.66. The van der Waals surface area contributed by atoms with E-state index in [1.807, 2.05) is 11.8 Å². The molecule has 3 aromatic rings. The van der Waals surface area contributed by atoms with E-state index in [-0.39, 0.29) is 0 Å². The fourth-order valence-corrected chi connectivity index (χ4v) is 7.96. The smallest absolute Gasteiger partial charge is 0.191 e. The van der Waals surface area contributed by atoms with Crippen molar-refractivity contribution in [2.75, 3.05) is 0 Å². The van der Waals surface area contributed by atoms with Crippen molar-refractivity contribution in [3.8, 4) is 0 Å². The molecule has 0 unspecified atom stereocenters. The Morgan fingerprint density at radius 3 is 2.38 bits per heavy atom. The van der Waals surface area contributed by atoms with Crippen LogP contribution in [-0.4, -0.2) is 14.8 Å². The Kier molecular flexibility index (Phi) is 4.26. The molecule has 0 spiro atoms. The molecule has 2 aromatic carbocycles. The number of thioether (sulfide) groups is 1. The van der Waals surface area contributed by atoms with Gasteiger partial charge in [0.15, 0.2) is 5.16 Å².